The van der Waals surface area contributed by atoms with E-state index in [0.717, 1.165) is 15.9 Å². The molecule has 2 N–H and O–H groups in total. The van der Waals surface area contributed by atoms with Crippen LogP contribution in [0.5, 0.6) is 11.5 Å². The van der Waals surface area contributed by atoms with Crippen LogP contribution in [0.3, 0.4) is 0 Å². The Morgan fingerprint density at radius 2 is 1.66 bits per heavy atom. The van der Waals surface area contributed by atoms with Crippen LogP contribution in [0, 0.1) is 0 Å². The average Bonchev–Trinajstić information content (AvgIpc) is 2.83. The van der Waals surface area contributed by atoms with Gasteiger partial charge < -0.3 is 19.8 Å². The number of anilines is 1. The molecule has 0 bridgehead atoms. The normalized spacial score (nSPS) is 10.7. The molecule has 32 heavy (non-hydrogen) atoms. The van der Waals surface area contributed by atoms with Crippen molar-refractivity contribution in [3.8, 4) is 11.5 Å². The molecule has 1 amide bonds. The molecule has 162 valence electrons. The third-order valence-electron chi connectivity index (χ3n) is 4.81. The van der Waals surface area contributed by atoms with Crippen LogP contribution in [0.4, 0.5) is 5.69 Å². The molecule has 7 nitrogen and oxygen atoms in total. The number of nitrogens with zero attached hydrogens (tertiary/aromatic N) is 1. The molecule has 1 heterocycles. The van der Waals surface area contributed by atoms with Gasteiger partial charge in [0.1, 0.15) is 22.8 Å². The highest BCUT2D eigenvalue weighted by Crippen LogP contribution is 2.29. The molecule has 0 unspecified atom stereocenters. The summed E-state index contributed by atoms with van der Waals surface area (Å²) in [5.41, 5.74) is 2.72. The Morgan fingerprint density at radius 3 is 2.34 bits per heavy atom. The van der Waals surface area contributed by atoms with Crippen LogP contribution >= 0.6 is 11.8 Å². The van der Waals surface area contributed by atoms with E-state index in [1.165, 1.54) is 26.0 Å². The number of carbonyl (C=O) groups is 1. The van der Waals surface area contributed by atoms with Gasteiger partial charge in [-0.15, -0.1) is 11.8 Å². The smallest absolute Gasteiger partial charge is 0.271 e. The fraction of sp³-hybridized carbons (Fsp3) is 0.125. The van der Waals surface area contributed by atoms with Crippen molar-refractivity contribution in [3.05, 3.63) is 88.3 Å². The lowest BCUT2D eigenvalue weighted by Crippen LogP contribution is -2.14. The monoisotopic (exact) mass is 447 g/mol. The van der Waals surface area contributed by atoms with Crippen molar-refractivity contribution < 1.29 is 14.3 Å². The van der Waals surface area contributed by atoms with Gasteiger partial charge in [0.05, 0.1) is 25.3 Å². The largest absolute Gasteiger partial charge is 0.496 e. The molecule has 3 aromatic carbocycles. The molecule has 8 heteroatoms. The minimum Gasteiger partial charge on any atom is -0.496 e. The highest BCUT2D eigenvalue weighted by Gasteiger charge is 2.18. The molecule has 0 saturated heterocycles. The second kappa shape index (κ2) is 9.57. The van der Waals surface area contributed by atoms with Crippen molar-refractivity contribution in [1.82, 2.24) is 9.97 Å². The molecule has 0 fully saturated rings. The standard InChI is InChI=1S/C24H21N3O4S/c1-30-20-8-5-9-21(31-2)22(20)24(29)25-15-10-12-16(13-11-15)32-14-19-23(28)27-18-7-4-3-6-17(18)26-19/h3-13H,14H2,1-2H3,(H,25,29)(H,27,28). The molecule has 0 aliphatic heterocycles. The summed E-state index contributed by atoms with van der Waals surface area (Å²) in [4.78, 5) is 33.3. The summed E-state index contributed by atoms with van der Waals surface area (Å²) in [6, 6.07) is 20.0. The molecule has 0 atom stereocenters. The Morgan fingerprint density at radius 1 is 0.969 bits per heavy atom. The summed E-state index contributed by atoms with van der Waals surface area (Å²) in [5.74, 6) is 0.973. The van der Waals surface area contributed by atoms with Gasteiger partial charge in [-0.3, -0.25) is 9.59 Å². The van der Waals surface area contributed by atoms with E-state index in [1.54, 1.807) is 30.3 Å². The van der Waals surface area contributed by atoms with Gasteiger partial charge in [0.15, 0.2) is 0 Å². The molecular formula is C24H21N3O4S. The van der Waals surface area contributed by atoms with Crippen molar-refractivity contribution in [2.24, 2.45) is 0 Å². The first-order valence-electron chi connectivity index (χ1n) is 9.82. The Labute approximate surface area is 188 Å². The van der Waals surface area contributed by atoms with E-state index in [2.05, 4.69) is 15.3 Å². The van der Waals surface area contributed by atoms with E-state index in [9.17, 15) is 9.59 Å². The zero-order valence-corrected chi connectivity index (χ0v) is 18.4. The van der Waals surface area contributed by atoms with Crippen LogP contribution in [0.25, 0.3) is 11.0 Å². The first kappa shape index (κ1) is 21.5. The van der Waals surface area contributed by atoms with Crippen LogP contribution in [0.2, 0.25) is 0 Å². The number of rotatable bonds is 7. The predicted octanol–water partition coefficient (Wildman–Crippen LogP) is 4.48. The predicted molar refractivity (Wildman–Crippen MR) is 126 cm³/mol. The van der Waals surface area contributed by atoms with Gasteiger partial charge in [0, 0.05) is 16.3 Å². The fourth-order valence-corrected chi connectivity index (χ4v) is 4.05. The van der Waals surface area contributed by atoms with Gasteiger partial charge in [0.2, 0.25) is 0 Å². The molecule has 4 rings (SSSR count). The lowest BCUT2D eigenvalue weighted by Gasteiger charge is -2.13. The number of fused-ring (bicyclic) bond motifs is 1. The SMILES string of the molecule is COc1cccc(OC)c1C(=O)Nc1ccc(SCc2nc3ccccc3[nH]c2=O)cc1. The number of methoxy groups -OCH3 is 2. The zero-order valence-electron chi connectivity index (χ0n) is 17.5. The van der Waals surface area contributed by atoms with Crippen molar-refractivity contribution in [1.29, 1.82) is 0 Å². The summed E-state index contributed by atoms with van der Waals surface area (Å²) in [7, 11) is 3.01. The van der Waals surface area contributed by atoms with Gasteiger partial charge in [-0.2, -0.15) is 0 Å². The van der Waals surface area contributed by atoms with Crippen LogP contribution < -0.4 is 20.3 Å². The van der Waals surface area contributed by atoms with Crippen LogP contribution in [0.15, 0.2) is 76.4 Å². The van der Waals surface area contributed by atoms with Crippen LogP contribution in [0.1, 0.15) is 16.1 Å². The first-order valence-corrected chi connectivity index (χ1v) is 10.8. The van der Waals surface area contributed by atoms with E-state index in [4.69, 9.17) is 9.47 Å². The zero-order chi connectivity index (χ0) is 22.5. The van der Waals surface area contributed by atoms with E-state index in [1.807, 2.05) is 36.4 Å². The minimum atomic E-state index is -0.327. The maximum Gasteiger partial charge on any atom is 0.271 e. The molecule has 0 radical (unpaired) electrons. The van der Waals surface area contributed by atoms with Gasteiger partial charge in [-0.05, 0) is 48.5 Å². The number of nitrogens with one attached hydrogen (secondary N) is 2. The summed E-state index contributed by atoms with van der Waals surface area (Å²) in [6.07, 6.45) is 0. The van der Waals surface area contributed by atoms with Gasteiger partial charge >= 0.3 is 0 Å². The van der Waals surface area contributed by atoms with Gasteiger partial charge in [-0.1, -0.05) is 18.2 Å². The Hall–Kier alpha value is -3.78. The lowest BCUT2D eigenvalue weighted by molar-refractivity contribution is 0.102. The number of ether oxygens (including phenoxy) is 2. The quantitative estimate of drug-likeness (QED) is 0.406. The van der Waals surface area contributed by atoms with E-state index in [0.29, 0.717) is 34.2 Å². The second-order valence-electron chi connectivity index (χ2n) is 6.83. The van der Waals surface area contributed by atoms with Gasteiger partial charge in [0.25, 0.3) is 11.5 Å². The number of carbonyl (C=O) groups excluding carboxylic acids is 1. The van der Waals surface area contributed by atoms with Gasteiger partial charge in [-0.25, -0.2) is 4.98 Å². The van der Waals surface area contributed by atoms with E-state index < -0.39 is 0 Å². The number of para-hydroxylation sites is 2. The molecule has 0 spiro atoms. The number of thioether (sulfide) groups is 1. The maximum absolute atomic E-state index is 12.8. The van der Waals surface area contributed by atoms with Crippen molar-refractivity contribution in [3.63, 3.8) is 0 Å². The number of aromatic amines is 1. The summed E-state index contributed by atoms with van der Waals surface area (Å²) in [5, 5.41) is 2.86. The average molecular weight is 448 g/mol. The molecule has 4 aromatic rings. The Bertz CT molecular complexity index is 1300. The molecular weight excluding hydrogens is 426 g/mol. The summed E-state index contributed by atoms with van der Waals surface area (Å²) >= 11 is 1.50. The molecule has 0 aliphatic rings. The summed E-state index contributed by atoms with van der Waals surface area (Å²) in [6.45, 7) is 0. The van der Waals surface area contributed by atoms with E-state index >= 15 is 0 Å². The summed E-state index contributed by atoms with van der Waals surface area (Å²) < 4.78 is 10.6. The van der Waals surface area contributed by atoms with Crippen molar-refractivity contribution in [2.75, 3.05) is 19.5 Å². The number of hydrogen-bond donors (Lipinski definition) is 2. The number of hydrogen-bond acceptors (Lipinski definition) is 6. The van der Waals surface area contributed by atoms with Crippen LogP contribution in [-0.2, 0) is 5.75 Å². The topological polar surface area (TPSA) is 93.3 Å². The molecule has 0 aliphatic carbocycles. The second-order valence-corrected chi connectivity index (χ2v) is 7.88. The third kappa shape index (κ3) is 4.60. The third-order valence-corrected chi connectivity index (χ3v) is 5.84. The highest BCUT2D eigenvalue weighted by atomic mass is 32.2. The van der Waals surface area contributed by atoms with Crippen molar-refractivity contribution in [2.45, 2.75) is 10.6 Å². The highest BCUT2D eigenvalue weighted by molar-refractivity contribution is 7.98. The lowest BCUT2D eigenvalue weighted by atomic mass is 10.1. The van der Waals surface area contributed by atoms with E-state index in [-0.39, 0.29) is 11.5 Å². The maximum atomic E-state index is 12.8. The number of aromatic nitrogens is 2. The number of H-pyrrole nitrogens is 1. The number of benzene rings is 3. The Balaban J connectivity index is 1.45. The first-order chi connectivity index (χ1) is 15.6. The molecule has 1 aromatic heterocycles. The fourth-order valence-electron chi connectivity index (χ4n) is 3.22. The molecule has 0 saturated carbocycles. The minimum absolute atomic E-state index is 0.189. The van der Waals surface area contributed by atoms with Crippen LogP contribution in [-0.4, -0.2) is 30.1 Å². The Kier molecular flexibility index (Phi) is 6.42. The number of amides is 1. The van der Waals surface area contributed by atoms with Crippen molar-refractivity contribution >= 4 is 34.4 Å².